The van der Waals surface area contributed by atoms with Crippen LogP contribution in [0.5, 0.6) is 5.75 Å². The van der Waals surface area contributed by atoms with Crippen LogP contribution >= 0.6 is 11.6 Å². The molecule has 0 bridgehead atoms. The number of aromatic hydroxyl groups is 1. The van der Waals surface area contributed by atoms with Gasteiger partial charge in [-0.1, -0.05) is 54.6 Å². The normalized spacial score (nSPS) is 11.7. The summed E-state index contributed by atoms with van der Waals surface area (Å²) in [6, 6.07) is 14.2. The molecule has 0 heterocycles. The Bertz CT molecular complexity index is 653. The van der Waals surface area contributed by atoms with Crippen LogP contribution in [0, 0.1) is 0 Å². The Morgan fingerprint density at radius 3 is 2.64 bits per heavy atom. The summed E-state index contributed by atoms with van der Waals surface area (Å²) >= 11 is 5.79. The standard InChI is InChI=1S/C18H17ClO3/c1-2-15(10-8-13-6-4-3-5-7-13)22-18(21)14-9-11-17(20)16(19)12-14/h2-7,9,11-12,15,20H,1,8,10H2. The van der Waals surface area contributed by atoms with Gasteiger partial charge in [0, 0.05) is 0 Å². The molecule has 3 nitrogen and oxygen atoms in total. The van der Waals surface area contributed by atoms with Crippen molar-refractivity contribution in [1.29, 1.82) is 0 Å². The van der Waals surface area contributed by atoms with Crippen molar-refractivity contribution >= 4 is 17.6 Å². The zero-order valence-corrected chi connectivity index (χ0v) is 12.8. The van der Waals surface area contributed by atoms with Crippen molar-refractivity contribution in [1.82, 2.24) is 0 Å². The Morgan fingerprint density at radius 1 is 1.27 bits per heavy atom. The predicted molar refractivity (Wildman–Crippen MR) is 87.3 cm³/mol. The van der Waals surface area contributed by atoms with E-state index in [9.17, 15) is 9.90 Å². The number of phenolic OH excluding ortho intramolecular Hbond substituents is 1. The fraction of sp³-hybridized carbons (Fsp3) is 0.167. The number of esters is 1. The molecule has 4 heteroatoms. The first-order valence-electron chi connectivity index (χ1n) is 6.96. The molecule has 114 valence electrons. The second-order valence-corrected chi connectivity index (χ2v) is 5.28. The molecule has 2 rings (SSSR count). The van der Waals surface area contributed by atoms with E-state index in [1.807, 2.05) is 30.3 Å². The number of aryl methyl sites for hydroxylation is 1. The molecule has 0 aliphatic rings. The lowest BCUT2D eigenvalue weighted by Crippen LogP contribution is -2.17. The van der Waals surface area contributed by atoms with Gasteiger partial charge in [-0.2, -0.15) is 0 Å². The fourth-order valence-corrected chi connectivity index (χ4v) is 2.20. The molecule has 0 amide bonds. The zero-order valence-electron chi connectivity index (χ0n) is 12.0. The van der Waals surface area contributed by atoms with Crippen molar-refractivity contribution in [3.63, 3.8) is 0 Å². The van der Waals surface area contributed by atoms with Gasteiger partial charge in [0.05, 0.1) is 10.6 Å². The quantitative estimate of drug-likeness (QED) is 0.635. The molecule has 0 radical (unpaired) electrons. The highest BCUT2D eigenvalue weighted by Gasteiger charge is 2.14. The molecule has 1 N–H and O–H groups in total. The van der Waals surface area contributed by atoms with Crippen LogP contribution in [0.1, 0.15) is 22.3 Å². The van der Waals surface area contributed by atoms with Crippen LogP contribution in [-0.4, -0.2) is 17.2 Å². The van der Waals surface area contributed by atoms with Gasteiger partial charge in [0.25, 0.3) is 0 Å². The number of halogens is 1. The third-order valence-corrected chi connectivity index (χ3v) is 3.57. The fourth-order valence-electron chi connectivity index (χ4n) is 2.02. The summed E-state index contributed by atoms with van der Waals surface area (Å²) < 4.78 is 5.41. The van der Waals surface area contributed by atoms with E-state index in [1.165, 1.54) is 23.8 Å². The molecule has 1 atom stereocenters. The minimum atomic E-state index is -0.486. The van der Waals surface area contributed by atoms with Crippen molar-refractivity contribution in [2.45, 2.75) is 18.9 Å². The molecule has 0 aliphatic heterocycles. The maximum Gasteiger partial charge on any atom is 0.338 e. The van der Waals surface area contributed by atoms with Gasteiger partial charge in [-0.25, -0.2) is 4.79 Å². The Balaban J connectivity index is 1.95. The summed E-state index contributed by atoms with van der Waals surface area (Å²) in [5.41, 5.74) is 1.48. The van der Waals surface area contributed by atoms with Crippen LogP contribution in [0.15, 0.2) is 61.2 Å². The molecule has 0 saturated heterocycles. The molecule has 0 fully saturated rings. The minimum Gasteiger partial charge on any atom is -0.506 e. The Kier molecular flexibility index (Phi) is 5.61. The second-order valence-electron chi connectivity index (χ2n) is 4.87. The number of ether oxygens (including phenoxy) is 1. The van der Waals surface area contributed by atoms with Gasteiger partial charge in [-0.15, -0.1) is 0 Å². The van der Waals surface area contributed by atoms with Crippen LogP contribution in [-0.2, 0) is 11.2 Å². The topological polar surface area (TPSA) is 46.5 Å². The summed E-state index contributed by atoms with van der Waals surface area (Å²) in [7, 11) is 0. The van der Waals surface area contributed by atoms with Crippen molar-refractivity contribution < 1.29 is 14.6 Å². The van der Waals surface area contributed by atoms with Crippen LogP contribution in [0.2, 0.25) is 5.02 Å². The van der Waals surface area contributed by atoms with Crippen molar-refractivity contribution in [3.05, 3.63) is 77.3 Å². The highest BCUT2D eigenvalue weighted by atomic mass is 35.5. The van der Waals surface area contributed by atoms with Crippen molar-refractivity contribution in [2.75, 3.05) is 0 Å². The Labute approximate surface area is 134 Å². The van der Waals surface area contributed by atoms with E-state index in [2.05, 4.69) is 6.58 Å². The molecule has 0 aliphatic carbocycles. The first-order chi connectivity index (χ1) is 10.6. The highest BCUT2D eigenvalue weighted by molar-refractivity contribution is 6.32. The van der Waals surface area contributed by atoms with E-state index >= 15 is 0 Å². The lowest BCUT2D eigenvalue weighted by atomic mass is 10.1. The van der Waals surface area contributed by atoms with Gasteiger partial charge < -0.3 is 9.84 Å². The van der Waals surface area contributed by atoms with Crippen LogP contribution in [0.4, 0.5) is 0 Å². The molecule has 2 aromatic carbocycles. The van der Waals surface area contributed by atoms with E-state index in [1.54, 1.807) is 6.08 Å². The third-order valence-electron chi connectivity index (χ3n) is 3.27. The SMILES string of the molecule is C=CC(CCc1ccccc1)OC(=O)c1ccc(O)c(Cl)c1. The van der Waals surface area contributed by atoms with Crippen LogP contribution in [0.3, 0.4) is 0 Å². The lowest BCUT2D eigenvalue weighted by Gasteiger charge is -2.14. The third kappa shape index (κ3) is 4.37. The van der Waals surface area contributed by atoms with E-state index < -0.39 is 5.97 Å². The van der Waals surface area contributed by atoms with Crippen LogP contribution < -0.4 is 0 Å². The molecule has 2 aromatic rings. The average Bonchev–Trinajstić information content (AvgIpc) is 2.54. The van der Waals surface area contributed by atoms with E-state index in [4.69, 9.17) is 16.3 Å². The number of hydrogen-bond donors (Lipinski definition) is 1. The van der Waals surface area contributed by atoms with E-state index in [0.717, 1.165) is 6.42 Å². The minimum absolute atomic E-state index is 0.0671. The highest BCUT2D eigenvalue weighted by Crippen LogP contribution is 2.24. The maximum atomic E-state index is 12.1. The first-order valence-corrected chi connectivity index (χ1v) is 7.34. The number of carbonyl (C=O) groups excluding carboxylic acids is 1. The van der Waals surface area contributed by atoms with Gasteiger partial charge in [0.2, 0.25) is 0 Å². The average molecular weight is 317 g/mol. The molecule has 0 spiro atoms. The second kappa shape index (κ2) is 7.66. The molecule has 0 aromatic heterocycles. The van der Waals surface area contributed by atoms with Crippen molar-refractivity contribution in [3.8, 4) is 5.75 Å². The first kappa shape index (κ1) is 16.1. The molecule has 22 heavy (non-hydrogen) atoms. The summed E-state index contributed by atoms with van der Waals surface area (Å²) in [6.07, 6.45) is 2.69. The van der Waals surface area contributed by atoms with Gasteiger partial charge >= 0.3 is 5.97 Å². The summed E-state index contributed by atoms with van der Waals surface area (Å²) in [6.45, 7) is 3.71. The predicted octanol–water partition coefficient (Wildman–Crippen LogP) is 4.39. The molecule has 1 unspecified atom stereocenters. The van der Waals surface area contributed by atoms with E-state index in [0.29, 0.717) is 12.0 Å². The molecule has 0 saturated carbocycles. The number of hydrogen-bond acceptors (Lipinski definition) is 3. The van der Waals surface area contributed by atoms with Gasteiger partial charge in [-0.3, -0.25) is 0 Å². The monoisotopic (exact) mass is 316 g/mol. The maximum absolute atomic E-state index is 12.1. The Morgan fingerprint density at radius 2 is 2.00 bits per heavy atom. The van der Waals surface area contributed by atoms with Gasteiger partial charge in [0.15, 0.2) is 0 Å². The van der Waals surface area contributed by atoms with Crippen molar-refractivity contribution in [2.24, 2.45) is 0 Å². The Hall–Kier alpha value is -2.26. The summed E-state index contributed by atoms with van der Waals surface area (Å²) in [5, 5.41) is 9.48. The molecular weight excluding hydrogens is 300 g/mol. The van der Waals surface area contributed by atoms with Gasteiger partial charge in [0.1, 0.15) is 11.9 Å². The number of carbonyl (C=O) groups is 1. The van der Waals surface area contributed by atoms with E-state index in [-0.39, 0.29) is 16.9 Å². The largest absolute Gasteiger partial charge is 0.506 e. The lowest BCUT2D eigenvalue weighted by molar-refractivity contribution is 0.0381. The zero-order chi connectivity index (χ0) is 15.9. The van der Waals surface area contributed by atoms with Crippen LogP contribution in [0.25, 0.3) is 0 Å². The summed E-state index contributed by atoms with van der Waals surface area (Å²) in [5.74, 6) is -0.553. The summed E-state index contributed by atoms with van der Waals surface area (Å²) in [4.78, 5) is 12.1. The number of rotatable bonds is 6. The van der Waals surface area contributed by atoms with Gasteiger partial charge in [-0.05, 0) is 36.6 Å². The smallest absolute Gasteiger partial charge is 0.338 e. The number of phenols is 1. The number of benzene rings is 2. The molecular formula is C18H17ClO3.